The molecule has 2 aromatic rings. The van der Waals surface area contributed by atoms with Crippen molar-refractivity contribution in [1.29, 1.82) is 0 Å². The summed E-state index contributed by atoms with van der Waals surface area (Å²) < 4.78 is 43.0. The Morgan fingerprint density at radius 1 is 1.16 bits per heavy atom. The predicted molar refractivity (Wildman–Crippen MR) is 91.0 cm³/mol. The van der Waals surface area contributed by atoms with E-state index in [1.807, 2.05) is 0 Å². The standard InChI is InChI=1S/C17H17FN2O4S/c1-24-16-5-3-2-4-15(16)19-17(21)20-10-14(11-20)25(22,23)13-8-6-12(18)7-9-13/h2-9,14H,10-11H2,1H3,(H,19,21). The van der Waals surface area contributed by atoms with E-state index in [1.165, 1.54) is 24.1 Å². The lowest BCUT2D eigenvalue weighted by atomic mass is 10.2. The summed E-state index contributed by atoms with van der Waals surface area (Å²) in [6.45, 7) is 0.168. The Morgan fingerprint density at radius 2 is 1.80 bits per heavy atom. The molecular weight excluding hydrogens is 347 g/mol. The third-order valence-electron chi connectivity index (χ3n) is 4.06. The van der Waals surface area contributed by atoms with E-state index in [0.717, 1.165) is 12.1 Å². The van der Waals surface area contributed by atoms with Crippen molar-refractivity contribution in [3.63, 3.8) is 0 Å². The zero-order valence-electron chi connectivity index (χ0n) is 13.5. The molecule has 2 amide bonds. The summed E-state index contributed by atoms with van der Waals surface area (Å²) in [5.74, 6) is 0.0252. The number of ether oxygens (including phenoxy) is 1. The van der Waals surface area contributed by atoms with E-state index in [0.29, 0.717) is 11.4 Å². The number of methoxy groups -OCH3 is 1. The summed E-state index contributed by atoms with van der Waals surface area (Å²) in [5, 5.41) is 2.01. The number of carbonyl (C=O) groups excluding carboxylic acids is 1. The monoisotopic (exact) mass is 364 g/mol. The van der Waals surface area contributed by atoms with Gasteiger partial charge in [0.25, 0.3) is 0 Å². The number of nitrogens with zero attached hydrogens (tertiary/aromatic N) is 1. The van der Waals surface area contributed by atoms with Crippen molar-refractivity contribution in [1.82, 2.24) is 4.90 Å². The Kier molecular flexibility index (Phi) is 4.63. The fourth-order valence-electron chi connectivity index (χ4n) is 2.56. The maximum Gasteiger partial charge on any atom is 0.322 e. The first-order valence-electron chi connectivity index (χ1n) is 7.60. The maximum atomic E-state index is 12.9. The lowest BCUT2D eigenvalue weighted by Crippen LogP contribution is -2.58. The lowest BCUT2D eigenvalue weighted by molar-refractivity contribution is 0.182. The molecule has 3 rings (SSSR count). The highest BCUT2D eigenvalue weighted by atomic mass is 32.2. The SMILES string of the molecule is COc1ccccc1NC(=O)N1CC(S(=O)(=O)c2ccc(F)cc2)C1. The Hall–Kier alpha value is -2.61. The number of hydrogen-bond donors (Lipinski definition) is 1. The van der Waals surface area contributed by atoms with Crippen LogP contribution in [0.4, 0.5) is 14.9 Å². The average molecular weight is 364 g/mol. The number of urea groups is 1. The maximum absolute atomic E-state index is 12.9. The number of nitrogens with one attached hydrogen (secondary N) is 1. The van der Waals surface area contributed by atoms with Gasteiger partial charge in [0, 0.05) is 13.1 Å². The number of anilines is 1. The summed E-state index contributed by atoms with van der Waals surface area (Å²) in [7, 11) is -2.08. The molecule has 1 fully saturated rings. The van der Waals surface area contributed by atoms with Crippen LogP contribution < -0.4 is 10.1 Å². The van der Waals surface area contributed by atoms with E-state index in [2.05, 4.69) is 5.32 Å². The second-order valence-electron chi connectivity index (χ2n) is 5.66. The molecule has 25 heavy (non-hydrogen) atoms. The van der Waals surface area contributed by atoms with Gasteiger partial charge in [-0.25, -0.2) is 17.6 Å². The lowest BCUT2D eigenvalue weighted by Gasteiger charge is -2.38. The third kappa shape index (κ3) is 3.43. The normalized spacial score (nSPS) is 14.7. The molecule has 0 unspecified atom stereocenters. The fourth-order valence-corrected chi connectivity index (χ4v) is 4.21. The molecule has 0 saturated carbocycles. The number of carbonyl (C=O) groups is 1. The van der Waals surface area contributed by atoms with Crippen LogP contribution in [0.2, 0.25) is 0 Å². The molecule has 1 heterocycles. The number of hydrogen-bond acceptors (Lipinski definition) is 4. The topological polar surface area (TPSA) is 75.7 Å². The van der Waals surface area contributed by atoms with Crippen LogP contribution in [0.5, 0.6) is 5.75 Å². The van der Waals surface area contributed by atoms with E-state index >= 15 is 0 Å². The van der Waals surface area contributed by atoms with Gasteiger partial charge in [-0.05, 0) is 36.4 Å². The molecule has 6 nitrogen and oxygen atoms in total. The number of sulfone groups is 1. The quantitative estimate of drug-likeness (QED) is 0.846. The molecule has 2 aromatic carbocycles. The molecule has 0 atom stereocenters. The molecule has 1 aliphatic heterocycles. The van der Waals surface area contributed by atoms with Crippen LogP contribution in [0.25, 0.3) is 0 Å². The van der Waals surface area contributed by atoms with Crippen LogP contribution in [-0.2, 0) is 9.84 Å². The van der Waals surface area contributed by atoms with Crippen LogP contribution in [0.15, 0.2) is 53.4 Å². The van der Waals surface area contributed by atoms with Crippen LogP contribution in [-0.4, -0.2) is 44.8 Å². The van der Waals surface area contributed by atoms with Gasteiger partial charge in [-0.2, -0.15) is 0 Å². The van der Waals surface area contributed by atoms with Crippen LogP contribution in [0.1, 0.15) is 0 Å². The molecule has 0 aliphatic carbocycles. The molecule has 0 spiro atoms. The Morgan fingerprint density at radius 3 is 2.44 bits per heavy atom. The van der Waals surface area contributed by atoms with E-state index in [9.17, 15) is 17.6 Å². The molecular formula is C17H17FN2O4S. The van der Waals surface area contributed by atoms with Crippen LogP contribution >= 0.6 is 0 Å². The average Bonchev–Trinajstić information content (AvgIpc) is 2.54. The zero-order chi connectivity index (χ0) is 18.0. The van der Waals surface area contributed by atoms with Crippen molar-refractivity contribution in [2.75, 3.05) is 25.5 Å². The van der Waals surface area contributed by atoms with Crippen molar-refractivity contribution in [2.24, 2.45) is 0 Å². The first-order valence-corrected chi connectivity index (χ1v) is 9.15. The fraction of sp³-hybridized carbons (Fsp3) is 0.235. The molecule has 0 aromatic heterocycles. The summed E-state index contributed by atoms with van der Waals surface area (Å²) in [4.78, 5) is 13.7. The van der Waals surface area contributed by atoms with Gasteiger partial charge in [-0.3, -0.25) is 0 Å². The van der Waals surface area contributed by atoms with E-state index in [-0.39, 0.29) is 18.0 Å². The van der Waals surface area contributed by atoms with Gasteiger partial charge in [0.05, 0.1) is 17.7 Å². The van der Waals surface area contributed by atoms with Gasteiger partial charge in [-0.1, -0.05) is 12.1 Å². The number of rotatable bonds is 4. The largest absolute Gasteiger partial charge is 0.495 e. The zero-order valence-corrected chi connectivity index (χ0v) is 14.3. The van der Waals surface area contributed by atoms with Gasteiger partial charge < -0.3 is 15.0 Å². The van der Waals surface area contributed by atoms with Crippen molar-refractivity contribution in [3.8, 4) is 5.75 Å². The minimum absolute atomic E-state index is 0.0590. The first kappa shape index (κ1) is 17.2. The van der Waals surface area contributed by atoms with Gasteiger partial charge in [0.15, 0.2) is 9.84 Å². The number of amides is 2. The molecule has 1 N–H and O–H groups in total. The summed E-state index contributed by atoms with van der Waals surface area (Å²) >= 11 is 0. The number of benzene rings is 2. The smallest absolute Gasteiger partial charge is 0.322 e. The Labute approximate surface area is 145 Å². The van der Waals surface area contributed by atoms with Gasteiger partial charge in [-0.15, -0.1) is 0 Å². The highest BCUT2D eigenvalue weighted by Gasteiger charge is 2.40. The van der Waals surface area contributed by atoms with E-state index < -0.39 is 26.9 Å². The summed E-state index contributed by atoms with van der Waals surface area (Å²) in [6.07, 6.45) is 0. The second-order valence-corrected chi connectivity index (χ2v) is 7.88. The molecule has 1 saturated heterocycles. The minimum Gasteiger partial charge on any atom is -0.495 e. The Balaban J connectivity index is 1.63. The molecule has 8 heteroatoms. The van der Waals surface area contributed by atoms with Crippen molar-refractivity contribution in [2.45, 2.75) is 10.1 Å². The minimum atomic E-state index is -3.58. The van der Waals surface area contributed by atoms with Crippen molar-refractivity contribution in [3.05, 3.63) is 54.3 Å². The van der Waals surface area contributed by atoms with Crippen molar-refractivity contribution >= 4 is 21.6 Å². The number of halogens is 1. The number of para-hydroxylation sites is 2. The first-order chi connectivity index (χ1) is 11.9. The Bertz CT molecular complexity index is 878. The van der Waals surface area contributed by atoms with Crippen molar-refractivity contribution < 1.29 is 22.3 Å². The summed E-state index contributed by atoms with van der Waals surface area (Å²) in [5.41, 5.74) is 0.514. The predicted octanol–water partition coefficient (Wildman–Crippen LogP) is 2.52. The molecule has 132 valence electrons. The molecule has 0 radical (unpaired) electrons. The highest BCUT2D eigenvalue weighted by Crippen LogP contribution is 2.27. The van der Waals surface area contributed by atoms with Gasteiger partial charge in [0.1, 0.15) is 16.8 Å². The number of likely N-dealkylation sites (tertiary alicyclic amines) is 1. The second kappa shape index (κ2) is 6.72. The third-order valence-corrected chi connectivity index (χ3v) is 6.17. The van der Waals surface area contributed by atoms with Crippen LogP contribution in [0.3, 0.4) is 0 Å². The highest BCUT2D eigenvalue weighted by molar-refractivity contribution is 7.92. The van der Waals surface area contributed by atoms with E-state index in [1.54, 1.807) is 24.3 Å². The molecule has 1 aliphatic rings. The van der Waals surface area contributed by atoms with Crippen LogP contribution in [0, 0.1) is 5.82 Å². The van der Waals surface area contributed by atoms with E-state index in [4.69, 9.17) is 4.74 Å². The van der Waals surface area contributed by atoms with Gasteiger partial charge >= 0.3 is 6.03 Å². The molecule has 0 bridgehead atoms. The summed E-state index contributed by atoms with van der Waals surface area (Å²) in [6, 6.07) is 11.3. The van der Waals surface area contributed by atoms with Gasteiger partial charge in [0.2, 0.25) is 0 Å².